The van der Waals surface area contributed by atoms with E-state index in [1.165, 1.54) is 18.2 Å². The lowest BCUT2D eigenvalue weighted by Crippen LogP contribution is -2.17. The number of carbonyl (C=O) groups excluding carboxylic acids is 1. The van der Waals surface area contributed by atoms with Gasteiger partial charge in [-0.15, -0.1) is 0 Å². The van der Waals surface area contributed by atoms with E-state index in [1.54, 1.807) is 30.5 Å². The summed E-state index contributed by atoms with van der Waals surface area (Å²) in [6.07, 6.45) is 1.99. The molecule has 0 bridgehead atoms. The molecule has 3 aromatic rings. The van der Waals surface area contributed by atoms with Gasteiger partial charge in [0.2, 0.25) is 5.91 Å². The van der Waals surface area contributed by atoms with Crippen molar-refractivity contribution in [3.05, 3.63) is 70.4 Å². The quantitative estimate of drug-likeness (QED) is 0.778. The Labute approximate surface area is 131 Å². The summed E-state index contributed by atoms with van der Waals surface area (Å²) >= 11 is 0. The van der Waals surface area contributed by atoms with E-state index in [2.05, 4.69) is 15.3 Å². The van der Waals surface area contributed by atoms with E-state index in [0.717, 1.165) is 0 Å². The standard InChI is InChI=1S/C17H14FN3O2/c18-13-5-6-14-12(10-13)9-11(17(23)20-14)4-7-16(22)21-15-3-1-2-8-19-15/h1-3,5-6,8-10H,4,7H2,(H,20,23)(H,19,21,22). The highest BCUT2D eigenvalue weighted by molar-refractivity contribution is 5.89. The molecule has 0 aliphatic rings. The smallest absolute Gasteiger partial charge is 0.251 e. The number of nitrogens with one attached hydrogen (secondary N) is 2. The lowest BCUT2D eigenvalue weighted by Gasteiger charge is -2.05. The number of amides is 1. The number of aromatic nitrogens is 2. The largest absolute Gasteiger partial charge is 0.322 e. The fraction of sp³-hybridized carbons (Fsp3) is 0.118. The van der Waals surface area contributed by atoms with Crippen LogP contribution < -0.4 is 10.9 Å². The van der Waals surface area contributed by atoms with Gasteiger partial charge >= 0.3 is 0 Å². The van der Waals surface area contributed by atoms with Crippen molar-refractivity contribution in [1.82, 2.24) is 9.97 Å². The molecule has 0 unspecified atom stereocenters. The molecule has 1 aromatic carbocycles. The highest BCUT2D eigenvalue weighted by Gasteiger charge is 2.08. The average Bonchev–Trinajstić information content (AvgIpc) is 2.54. The van der Waals surface area contributed by atoms with Crippen LogP contribution in [0.25, 0.3) is 10.9 Å². The minimum absolute atomic E-state index is 0.139. The molecule has 6 heteroatoms. The maximum Gasteiger partial charge on any atom is 0.251 e. The summed E-state index contributed by atoms with van der Waals surface area (Å²) in [5, 5.41) is 3.26. The summed E-state index contributed by atoms with van der Waals surface area (Å²) in [6.45, 7) is 0. The second kappa shape index (κ2) is 6.39. The van der Waals surface area contributed by atoms with Crippen LogP contribution in [0, 0.1) is 5.82 Å². The van der Waals surface area contributed by atoms with Crippen molar-refractivity contribution in [2.24, 2.45) is 0 Å². The van der Waals surface area contributed by atoms with Crippen LogP contribution in [0.15, 0.2) is 53.5 Å². The summed E-state index contributed by atoms with van der Waals surface area (Å²) in [4.78, 5) is 30.6. The zero-order valence-electron chi connectivity index (χ0n) is 12.2. The summed E-state index contributed by atoms with van der Waals surface area (Å²) < 4.78 is 13.3. The Morgan fingerprint density at radius 2 is 2.09 bits per heavy atom. The van der Waals surface area contributed by atoms with Crippen LogP contribution in [0.3, 0.4) is 0 Å². The van der Waals surface area contributed by atoms with Gasteiger partial charge in [-0.05, 0) is 42.8 Å². The predicted octanol–water partition coefficient (Wildman–Crippen LogP) is 2.63. The molecule has 1 amide bonds. The fourth-order valence-electron chi connectivity index (χ4n) is 2.30. The number of benzene rings is 1. The molecule has 2 N–H and O–H groups in total. The van der Waals surface area contributed by atoms with Gasteiger partial charge in [0, 0.05) is 29.1 Å². The van der Waals surface area contributed by atoms with Crippen LogP contribution in [0.5, 0.6) is 0 Å². The molecule has 0 fully saturated rings. The lowest BCUT2D eigenvalue weighted by molar-refractivity contribution is -0.116. The summed E-state index contributed by atoms with van der Waals surface area (Å²) in [5.74, 6) is -0.141. The third-order valence-electron chi connectivity index (χ3n) is 3.44. The molecule has 5 nitrogen and oxygen atoms in total. The van der Waals surface area contributed by atoms with E-state index in [1.807, 2.05) is 0 Å². The zero-order valence-corrected chi connectivity index (χ0v) is 12.2. The molecule has 0 aliphatic carbocycles. The fourth-order valence-corrected chi connectivity index (χ4v) is 2.30. The number of anilines is 1. The molecule has 2 aromatic heterocycles. The monoisotopic (exact) mass is 311 g/mol. The van der Waals surface area contributed by atoms with Gasteiger partial charge in [0.25, 0.3) is 5.56 Å². The van der Waals surface area contributed by atoms with Crippen LogP contribution in [-0.2, 0) is 11.2 Å². The molecule has 2 heterocycles. The number of rotatable bonds is 4. The lowest BCUT2D eigenvalue weighted by atomic mass is 10.1. The minimum atomic E-state index is -0.372. The number of pyridine rings is 2. The summed E-state index contributed by atoms with van der Waals surface area (Å²) in [5.41, 5.74) is 0.743. The average molecular weight is 311 g/mol. The molecule has 0 spiro atoms. The molecule has 0 atom stereocenters. The van der Waals surface area contributed by atoms with Gasteiger partial charge in [-0.25, -0.2) is 9.37 Å². The van der Waals surface area contributed by atoms with Gasteiger partial charge in [0.05, 0.1) is 0 Å². The van der Waals surface area contributed by atoms with Crippen LogP contribution >= 0.6 is 0 Å². The Bertz CT molecular complexity index is 907. The highest BCUT2D eigenvalue weighted by Crippen LogP contribution is 2.13. The Hall–Kier alpha value is -3.02. The van der Waals surface area contributed by atoms with E-state index in [-0.39, 0.29) is 30.1 Å². The Morgan fingerprint density at radius 1 is 1.22 bits per heavy atom. The molecule has 0 saturated heterocycles. The third-order valence-corrected chi connectivity index (χ3v) is 3.44. The molecule has 0 saturated carbocycles. The van der Waals surface area contributed by atoms with Gasteiger partial charge in [0.1, 0.15) is 11.6 Å². The van der Waals surface area contributed by atoms with E-state index in [9.17, 15) is 14.0 Å². The van der Waals surface area contributed by atoms with Gasteiger partial charge in [0.15, 0.2) is 0 Å². The third kappa shape index (κ3) is 3.60. The predicted molar refractivity (Wildman–Crippen MR) is 85.7 cm³/mol. The van der Waals surface area contributed by atoms with Crippen molar-refractivity contribution in [1.29, 1.82) is 0 Å². The summed E-state index contributed by atoms with van der Waals surface area (Å²) in [6, 6.07) is 11.0. The van der Waals surface area contributed by atoms with Crippen molar-refractivity contribution < 1.29 is 9.18 Å². The maximum atomic E-state index is 13.3. The normalized spacial score (nSPS) is 10.7. The van der Waals surface area contributed by atoms with Gasteiger partial charge in [-0.1, -0.05) is 6.07 Å². The number of fused-ring (bicyclic) bond motifs is 1. The number of halogens is 1. The minimum Gasteiger partial charge on any atom is -0.322 e. The molecular weight excluding hydrogens is 297 g/mol. The molecule has 23 heavy (non-hydrogen) atoms. The molecule has 0 aliphatic heterocycles. The highest BCUT2D eigenvalue weighted by atomic mass is 19.1. The Kier molecular flexibility index (Phi) is 4.14. The number of hydrogen-bond donors (Lipinski definition) is 2. The first-order valence-corrected chi connectivity index (χ1v) is 7.14. The van der Waals surface area contributed by atoms with E-state index in [0.29, 0.717) is 22.3 Å². The number of aryl methyl sites for hydroxylation is 1. The molecule has 0 radical (unpaired) electrons. The van der Waals surface area contributed by atoms with Crippen molar-refractivity contribution >= 4 is 22.6 Å². The van der Waals surface area contributed by atoms with Gasteiger partial charge < -0.3 is 10.3 Å². The van der Waals surface area contributed by atoms with E-state index >= 15 is 0 Å². The Morgan fingerprint density at radius 3 is 2.87 bits per heavy atom. The van der Waals surface area contributed by atoms with Crippen LogP contribution in [-0.4, -0.2) is 15.9 Å². The SMILES string of the molecule is O=C(CCc1cc2cc(F)ccc2[nH]c1=O)Nc1ccccn1. The Balaban J connectivity index is 1.72. The maximum absolute atomic E-state index is 13.3. The van der Waals surface area contributed by atoms with E-state index < -0.39 is 0 Å². The number of aromatic amines is 1. The topological polar surface area (TPSA) is 74.8 Å². The first-order valence-electron chi connectivity index (χ1n) is 7.14. The second-order valence-electron chi connectivity index (χ2n) is 5.12. The first kappa shape index (κ1) is 14.9. The zero-order chi connectivity index (χ0) is 16.2. The van der Waals surface area contributed by atoms with Crippen molar-refractivity contribution in [3.63, 3.8) is 0 Å². The molecule has 3 rings (SSSR count). The molecular formula is C17H14FN3O2. The van der Waals surface area contributed by atoms with Crippen molar-refractivity contribution in [2.75, 3.05) is 5.32 Å². The number of H-pyrrole nitrogens is 1. The van der Waals surface area contributed by atoms with Crippen molar-refractivity contribution in [2.45, 2.75) is 12.8 Å². The van der Waals surface area contributed by atoms with Crippen LogP contribution in [0.2, 0.25) is 0 Å². The van der Waals surface area contributed by atoms with Crippen molar-refractivity contribution in [3.8, 4) is 0 Å². The van der Waals surface area contributed by atoms with Gasteiger partial charge in [-0.2, -0.15) is 0 Å². The second-order valence-corrected chi connectivity index (χ2v) is 5.12. The van der Waals surface area contributed by atoms with Gasteiger partial charge in [-0.3, -0.25) is 9.59 Å². The van der Waals surface area contributed by atoms with Crippen LogP contribution in [0.4, 0.5) is 10.2 Å². The summed E-state index contributed by atoms with van der Waals surface area (Å²) in [7, 11) is 0. The van der Waals surface area contributed by atoms with Crippen LogP contribution in [0.1, 0.15) is 12.0 Å². The molecule has 116 valence electrons. The number of hydrogen-bond acceptors (Lipinski definition) is 3. The number of carbonyl (C=O) groups is 1. The number of nitrogens with zero attached hydrogens (tertiary/aromatic N) is 1. The first-order chi connectivity index (χ1) is 11.1. The van der Waals surface area contributed by atoms with E-state index in [4.69, 9.17) is 0 Å².